The van der Waals surface area contributed by atoms with Gasteiger partial charge in [0.15, 0.2) is 11.5 Å². The zero-order valence-corrected chi connectivity index (χ0v) is 12.2. The highest BCUT2D eigenvalue weighted by atomic mass is 35.5. The van der Waals surface area contributed by atoms with E-state index in [1.54, 1.807) is 30.3 Å². The van der Waals surface area contributed by atoms with Gasteiger partial charge in [-0.1, -0.05) is 23.7 Å². The SMILES string of the molecule is CC(NC(=O)c1ccc2c(c1)OCO2)c1ccc(Cl)cc1. The summed E-state index contributed by atoms with van der Waals surface area (Å²) in [5, 5.41) is 3.62. The summed E-state index contributed by atoms with van der Waals surface area (Å²) in [4.78, 5) is 12.3. The molecule has 0 radical (unpaired) electrons. The zero-order valence-electron chi connectivity index (χ0n) is 11.4. The molecule has 21 heavy (non-hydrogen) atoms. The molecule has 0 aromatic heterocycles. The van der Waals surface area contributed by atoms with Gasteiger partial charge in [-0.05, 0) is 42.8 Å². The van der Waals surface area contributed by atoms with E-state index in [9.17, 15) is 4.79 Å². The molecule has 1 heterocycles. The molecule has 108 valence electrons. The first kappa shape index (κ1) is 13.8. The molecule has 0 fully saturated rings. The highest BCUT2D eigenvalue weighted by Crippen LogP contribution is 2.32. The Kier molecular flexibility index (Phi) is 3.71. The van der Waals surface area contributed by atoms with Crippen LogP contribution < -0.4 is 14.8 Å². The Morgan fingerprint density at radius 3 is 2.62 bits per heavy atom. The highest BCUT2D eigenvalue weighted by Gasteiger charge is 2.17. The van der Waals surface area contributed by atoms with Gasteiger partial charge in [0.1, 0.15) is 0 Å². The molecule has 1 amide bonds. The molecule has 0 spiro atoms. The maximum atomic E-state index is 12.3. The standard InChI is InChI=1S/C16H14ClNO3/c1-10(11-2-5-13(17)6-3-11)18-16(19)12-4-7-14-15(8-12)21-9-20-14/h2-8,10H,9H2,1H3,(H,18,19). The van der Waals surface area contributed by atoms with E-state index in [1.165, 1.54) is 0 Å². The van der Waals surface area contributed by atoms with E-state index in [0.717, 1.165) is 5.56 Å². The molecule has 0 saturated heterocycles. The molecular weight excluding hydrogens is 290 g/mol. The van der Waals surface area contributed by atoms with Crippen LogP contribution in [0.4, 0.5) is 0 Å². The Balaban J connectivity index is 1.72. The third-order valence-electron chi connectivity index (χ3n) is 3.35. The van der Waals surface area contributed by atoms with Gasteiger partial charge in [-0.25, -0.2) is 0 Å². The van der Waals surface area contributed by atoms with E-state index in [2.05, 4.69) is 5.32 Å². The van der Waals surface area contributed by atoms with Gasteiger partial charge in [0.25, 0.3) is 5.91 Å². The Morgan fingerprint density at radius 1 is 1.14 bits per heavy atom. The van der Waals surface area contributed by atoms with E-state index in [4.69, 9.17) is 21.1 Å². The van der Waals surface area contributed by atoms with E-state index in [0.29, 0.717) is 22.1 Å². The first-order valence-corrected chi connectivity index (χ1v) is 6.97. The monoisotopic (exact) mass is 303 g/mol. The van der Waals surface area contributed by atoms with Crippen LogP contribution >= 0.6 is 11.6 Å². The number of fused-ring (bicyclic) bond motifs is 1. The second-order valence-corrected chi connectivity index (χ2v) is 5.25. The summed E-state index contributed by atoms with van der Waals surface area (Å²) in [5.41, 5.74) is 1.54. The van der Waals surface area contributed by atoms with Crippen LogP contribution in [0, 0.1) is 0 Å². The van der Waals surface area contributed by atoms with Crippen LogP contribution in [0.25, 0.3) is 0 Å². The molecule has 4 nitrogen and oxygen atoms in total. The largest absolute Gasteiger partial charge is 0.454 e. The molecule has 1 unspecified atom stereocenters. The lowest BCUT2D eigenvalue weighted by atomic mass is 10.1. The van der Waals surface area contributed by atoms with E-state index in [-0.39, 0.29) is 18.7 Å². The number of hydrogen-bond acceptors (Lipinski definition) is 3. The fraction of sp³-hybridized carbons (Fsp3) is 0.188. The summed E-state index contributed by atoms with van der Waals surface area (Å²) in [7, 11) is 0. The first-order chi connectivity index (χ1) is 10.1. The molecule has 0 aliphatic carbocycles. The van der Waals surface area contributed by atoms with Crippen LogP contribution in [-0.4, -0.2) is 12.7 Å². The summed E-state index contributed by atoms with van der Waals surface area (Å²) in [6, 6.07) is 12.4. The van der Waals surface area contributed by atoms with Crippen molar-refractivity contribution in [2.45, 2.75) is 13.0 Å². The van der Waals surface area contributed by atoms with Gasteiger partial charge in [-0.2, -0.15) is 0 Å². The number of ether oxygens (including phenoxy) is 2. The predicted octanol–water partition coefficient (Wildman–Crippen LogP) is 3.56. The number of nitrogens with one attached hydrogen (secondary N) is 1. The summed E-state index contributed by atoms with van der Waals surface area (Å²) < 4.78 is 10.5. The molecule has 3 rings (SSSR count). The lowest BCUT2D eigenvalue weighted by Gasteiger charge is -2.14. The van der Waals surface area contributed by atoms with Gasteiger partial charge in [0.05, 0.1) is 6.04 Å². The van der Waals surface area contributed by atoms with Crippen molar-refractivity contribution in [1.29, 1.82) is 0 Å². The van der Waals surface area contributed by atoms with E-state index < -0.39 is 0 Å². The van der Waals surface area contributed by atoms with Gasteiger partial charge in [-0.3, -0.25) is 4.79 Å². The highest BCUT2D eigenvalue weighted by molar-refractivity contribution is 6.30. The summed E-state index contributed by atoms with van der Waals surface area (Å²) in [6.07, 6.45) is 0. The first-order valence-electron chi connectivity index (χ1n) is 6.59. The minimum Gasteiger partial charge on any atom is -0.454 e. The molecule has 2 aromatic carbocycles. The quantitative estimate of drug-likeness (QED) is 0.943. The summed E-state index contributed by atoms with van der Waals surface area (Å²) >= 11 is 5.86. The van der Waals surface area contributed by atoms with Crippen molar-refractivity contribution in [3.63, 3.8) is 0 Å². The van der Waals surface area contributed by atoms with E-state index >= 15 is 0 Å². The average Bonchev–Trinajstić information content (AvgIpc) is 2.95. The predicted molar refractivity (Wildman–Crippen MR) is 79.9 cm³/mol. The minimum absolute atomic E-state index is 0.111. The van der Waals surface area contributed by atoms with Crippen molar-refractivity contribution in [2.24, 2.45) is 0 Å². The Labute approximate surface area is 127 Å². The van der Waals surface area contributed by atoms with Crippen molar-refractivity contribution >= 4 is 17.5 Å². The lowest BCUT2D eigenvalue weighted by Crippen LogP contribution is -2.26. The number of hydrogen-bond donors (Lipinski definition) is 1. The normalized spacial score (nSPS) is 13.8. The molecule has 5 heteroatoms. The smallest absolute Gasteiger partial charge is 0.251 e. The minimum atomic E-state index is -0.157. The zero-order chi connectivity index (χ0) is 14.8. The van der Waals surface area contributed by atoms with Gasteiger partial charge >= 0.3 is 0 Å². The third-order valence-corrected chi connectivity index (χ3v) is 3.60. The van der Waals surface area contributed by atoms with Gasteiger partial charge in [0.2, 0.25) is 6.79 Å². The number of carbonyl (C=O) groups is 1. The molecule has 0 saturated carbocycles. The molecule has 2 aromatic rings. The van der Waals surface area contributed by atoms with Crippen molar-refractivity contribution in [3.8, 4) is 11.5 Å². The van der Waals surface area contributed by atoms with E-state index in [1.807, 2.05) is 19.1 Å². The van der Waals surface area contributed by atoms with Gasteiger partial charge in [-0.15, -0.1) is 0 Å². The Hall–Kier alpha value is -2.20. The van der Waals surface area contributed by atoms with Crippen molar-refractivity contribution < 1.29 is 14.3 Å². The Morgan fingerprint density at radius 2 is 1.86 bits per heavy atom. The maximum Gasteiger partial charge on any atom is 0.251 e. The van der Waals surface area contributed by atoms with Gasteiger partial charge < -0.3 is 14.8 Å². The number of rotatable bonds is 3. The second kappa shape index (κ2) is 5.66. The summed E-state index contributed by atoms with van der Waals surface area (Å²) in [6.45, 7) is 2.12. The van der Waals surface area contributed by atoms with Crippen LogP contribution in [0.3, 0.4) is 0 Å². The molecule has 0 bridgehead atoms. The molecular formula is C16H14ClNO3. The number of carbonyl (C=O) groups excluding carboxylic acids is 1. The van der Waals surface area contributed by atoms with Crippen LogP contribution in [0.5, 0.6) is 11.5 Å². The molecule has 1 aliphatic rings. The fourth-order valence-electron chi connectivity index (χ4n) is 2.15. The van der Waals surface area contributed by atoms with Crippen LogP contribution in [0.15, 0.2) is 42.5 Å². The van der Waals surface area contributed by atoms with Crippen LogP contribution in [0.1, 0.15) is 28.9 Å². The fourth-order valence-corrected chi connectivity index (χ4v) is 2.28. The Bertz CT molecular complexity index is 670. The third kappa shape index (κ3) is 2.95. The van der Waals surface area contributed by atoms with Gasteiger partial charge in [0, 0.05) is 10.6 Å². The molecule has 1 atom stereocenters. The van der Waals surface area contributed by atoms with Crippen LogP contribution in [0.2, 0.25) is 5.02 Å². The number of benzene rings is 2. The maximum absolute atomic E-state index is 12.3. The second-order valence-electron chi connectivity index (χ2n) is 4.81. The van der Waals surface area contributed by atoms with Crippen molar-refractivity contribution in [2.75, 3.05) is 6.79 Å². The number of amides is 1. The van der Waals surface area contributed by atoms with Crippen LogP contribution in [-0.2, 0) is 0 Å². The lowest BCUT2D eigenvalue weighted by molar-refractivity contribution is 0.0939. The molecule has 1 N–H and O–H groups in total. The summed E-state index contributed by atoms with van der Waals surface area (Å²) in [5.74, 6) is 1.11. The number of halogens is 1. The van der Waals surface area contributed by atoms with Crippen molar-refractivity contribution in [1.82, 2.24) is 5.32 Å². The topological polar surface area (TPSA) is 47.6 Å². The average molecular weight is 304 g/mol. The van der Waals surface area contributed by atoms with Crippen molar-refractivity contribution in [3.05, 3.63) is 58.6 Å². The molecule has 1 aliphatic heterocycles.